The predicted octanol–water partition coefficient (Wildman–Crippen LogP) is 4.97. The van der Waals surface area contributed by atoms with Gasteiger partial charge in [0.2, 0.25) is 0 Å². The molecule has 1 amide bonds. The van der Waals surface area contributed by atoms with Gasteiger partial charge in [0.25, 0.3) is 5.91 Å². The maximum absolute atomic E-state index is 12.2. The molecule has 2 N–H and O–H groups in total. The van der Waals surface area contributed by atoms with Crippen molar-refractivity contribution in [3.63, 3.8) is 0 Å². The van der Waals surface area contributed by atoms with Gasteiger partial charge >= 0.3 is 0 Å². The second-order valence-corrected chi connectivity index (χ2v) is 6.98. The van der Waals surface area contributed by atoms with Crippen LogP contribution in [0.25, 0.3) is 0 Å². The van der Waals surface area contributed by atoms with Crippen molar-refractivity contribution in [2.45, 2.75) is 13.5 Å². The highest BCUT2D eigenvalue weighted by molar-refractivity contribution is 7.15. The Kier molecular flexibility index (Phi) is 5.13. The van der Waals surface area contributed by atoms with Crippen molar-refractivity contribution in [2.24, 2.45) is 0 Å². The number of carbonyl (C=O) groups excluding carboxylic acids is 1. The summed E-state index contributed by atoms with van der Waals surface area (Å²) in [5.74, 6) is -0.112. The third kappa shape index (κ3) is 4.13. The van der Waals surface area contributed by atoms with E-state index in [1.165, 1.54) is 11.3 Å². The lowest BCUT2D eigenvalue weighted by Gasteiger charge is -2.11. The topological polar surface area (TPSA) is 54.0 Å². The molecule has 122 valence electrons. The predicted molar refractivity (Wildman–Crippen MR) is 100 cm³/mol. The Morgan fingerprint density at radius 3 is 2.67 bits per heavy atom. The summed E-state index contributed by atoms with van der Waals surface area (Å²) in [6.07, 6.45) is 1.77. The van der Waals surface area contributed by atoms with Gasteiger partial charge in [-0.2, -0.15) is 0 Å². The van der Waals surface area contributed by atoms with E-state index in [0.717, 1.165) is 21.8 Å². The number of nitrogens with one attached hydrogen (secondary N) is 2. The van der Waals surface area contributed by atoms with E-state index in [-0.39, 0.29) is 5.91 Å². The third-order valence-corrected chi connectivity index (χ3v) is 4.62. The van der Waals surface area contributed by atoms with Gasteiger partial charge in [-0.1, -0.05) is 29.8 Å². The van der Waals surface area contributed by atoms with Gasteiger partial charge in [0, 0.05) is 28.0 Å². The summed E-state index contributed by atoms with van der Waals surface area (Å²) in [5, 5.41) is 6.27. The first-order valence-corrected chi connectivity index (χ1v) is 8.62. The van der Waals surface area contributed by atoms with E-state index < -0.39 is 0 Å². The molecule has 0 radical (unpaired) electrons. The number of rotatable bonds is 5. The number of nitrogens with zero attached hydrogens (tertiary/aromatic N) is 1. The van der Waals surface area contributed by atoms with Gasteiger partial charge < -0.3 is 10.6 Å². The van der Waals surface area contributed by atoms with E-state index in [2.05, 4.69) is 15.6 Å². The summed E-state index contributed by atoms with van der Waals surface area (Å²) in [6.45, 7) is 2.63. The maximum Gasteiger partial charge on any atom is 0.255 e. The molecule has 0 saturated carbocycles. The Hall–Kier alpha value is -2.37. The number of hydrogen-bond acceptors (Lipinski definition) is 4. The summed E-state index contributed by atoms with van der Waals surface area (Å²) in [5.41, 5.74) is 3.41. The minimum absolute atomic E-state index is 0.112. The van der Waals surface area contributed by atoms with Gasteiger partial charge in [-0.15, -0.1) is 11.3 Å². The zero-order valence-electron chi connectivity index (χ0n) is 13.0. The molecule has 0 atom stereocenters. The molecule has 4 nitrogen and oxygen atoms in total. The maximum atomic E-state index is 12.2. The van der Waals surface area contributed by atoms with Crippen LogP contribution in [0.4, 0.5) is 11.4 Å². The van der Waals surface area contributed by atoms with Crippen molar-refractivity contribution in [3.8, 4) is 0 Å². The Morgan fingerprint density at radius 1 is 1.21 bits per heavy atom. The molecule has 0 unspecified atom stereocenters. The van der Waals surface area contributed by atoms with Crippen molar-refractivity contribution in [3.05, 3.63) is 75.2 Å². The van der Waals surface area contributed by atoms with Gasteiger partial charge in [-0.25, -0.2) is 4.98 Å². The fraction of sp³-hybridized carbons (Fsp3) is 0.111. The smallest absolute Gasteiger partial charge is 0.255 e. The van der Waals surface area contributed by atoms with E-state index in [1.807, 2.05) is 43.3 Å². The van der Waals surface area contributed by atoms with Crippen LogP contribution in [-0.4, -0.2) is 10.9 Å². The average molecular weight is 358 g/mol. The molecular weight excluding hydrogens is 342 g/mol. The van der Waals surface area contributed by atoms with Crippen LogP contribution in [0.1, 0.15) is 20.8 Å². The molecule has 2 aromatic carbocycles. The molecule has 3 aromatic rings. The molecular formula is C18H16ClN3OS. The minimum atomic E-state index is -0.112. The van der Waals surface area contributed by atoms with Gasteiger partial charge in [0.05, 0.1) is 6.54 Å². The lowest BCUT2D eigenvalue weighted by Crippen LogP contribution is -2.12. The highest BCUT2D eigenvalue weighted by atomic mass is 35.5. The molecule has 1 aromatic heterocycles. The van der Waals surface area contributed by atoms with Gasteiger partial charge in [-0.05, 0) is 42.8 Å². The van der Waals surface area contributed by atoms with Gasteiger partial charge in [0.15, 0.2) is 4.47 Å². The van der Waals surface area contributed by atoms with Crippen LogP contribution in [-0.2, 0) is 6.54 Å². The number of aromatic nitrogens is 1. The Morgan fingerprint density at radius 2 is 2.00 bits per heavy atom. The number of benzene rings is 2. The second-order valence-electron chi connectivity index (χ2n) is 5.28. The van der Waals surface area contributed by atoms with Crippen LogP contribution in [0.3, 0.4) is 0 Å². The van der Waals surface area contributed by atoms with Crippen molar-refractivity contribution in [1.29, 1.82) is 0 Å². The van der Waals surface area contributed by atoms with E-state index in [4.69, 9.17) is 11.6 Å². The molecule has 0 aliphatic heterocycles. The first-order chi connectivity index (χ1) is 11.6. The minimum Gasteiger partial charge on any atom is -0.380 e. The Bertz CT molecular complexity index is 848. The quantitative estimate of drug-likeness (QED) is 0.677. The third-order valence-electron chi connectivity index (χ3n) is 3.50. The van der Waals surface area contributed by atoms with E-state index in [9.17, 15) is 4.79 Å². The van der Waals surface area contributed by atoms with Crippen LogP contribution in [0.5, 0.6) is 0 Å². The number of anilines is 2. The van der Waals surface area contributed by atoms with Crippen molar-refractivity contribution in [1.82, 2.24) is 4.98 Å². The molecule has 0 bridgehead atoms. The highest BCUT2D eigenvalue weighted by Gasteiger charge is 2.08. The highest BCUT2D eigenvalue weighted by Crippen LogP contribution is 2.23. The fourth-order valence-corrected chi connectivity index (χ4v) is 3.17. The zero-order valence-corrected chi connectivity index (χ0v) is 14.6. The summed E-state index contributed by atoms with van der Waals surface area (Å²) in [4.78, 5) is 17.3. The van der Waals surface area contributed by atoms with Crippen LogP contribution in [0, 0.1) is 6.92 Å². The Balaban J connectivity index is 1.65. The summed E-state index contributed by atoms with van der Waals surface area (Å²) < 4.78 is 0.543. The average Bonchev–Trinajstić information content (AvgIpc) is 3.01. The molecule has 1 heterocycles. The number of halogens is 1. The summed E-state index contributed by atoms with van der Waals surface area (Å²) >= 11 is 7.28. The van der Waals surface area contributed by atoms with E-state index >= 15 is 0 Å². The molecule has 24 heavy (non-hydrogen) atoms. The van der Waals surface area contributed by atoms with Crippen LogP contribution in [0.15, 0.2) is 54.7 Å². The molecule has 0 aliphatic rings. The number of hydrogen-bond donors (Lipinski definition) is 2. The molecule has 6 heteroatoms. The van der Waals surface area contributed by atoms with Gasteiger partial charge in [0.1, 0.15) is 0 Å². The number of amides is 1. The fourth-order valence-electron chi connectivity index (χ4n) is 2.25. The summed E-state index contributed by atoms with van der Waals surface area (Å²) in [6, 6.07) is 15.0. The normalized spacial score (nSPS) is 10.4. The summed E-state index contributed by atoms with van der Waals surface area (Å²) in [7, 11) is 0. The van der Waals surface area contributed by atoms with Crippen molar-refractivity contribution < 1.29 is 4.79 Å². The first-order valence-electron chi connectivity index (χ1n) is 7.43. The SMILES string of the molecule is Cc1cc(NCc2cnc(Cl)s2)ccc1NC(=O)c1ccccc1. The molecule has 0 fully saturated rings. The monoisotopic (exact) mass is 357 g/mol. The number of aryl methyl sites for hydroxylation is 1. The number of thiazole rings is 1. The Labute approximate surface area is 149 Å². The van der Waals surface area contributed by atoms with Crippen LogP contribution in [0.2, 0.25) is 4.47 Å². The molecule has 0 aliphatic carbocycles. The van der Waals surface area contributed by atoms with Crippen LogP contribution < -0.4 is 10.6 Å². The molecule has 0 spiro atoms. The van der Waals surface area contributed by atoms with Gasteiger partial charge in [-0.3, -0.25) is 4.79 Å². The first kappa shape index (κ1) is 16.5. The second kappa shape index (κ2) is 7.47. The zero-order chi connectivity index (χ0) is 16.9. The largest absolute Gasteiger partial charge is 0.380 e. The van der Waals surface area contributed by atoms with E-state index in [0.29, 0.717) is 16.6 Å². The van der Waals surface area contributed by atoms with Crippen LogP contribution >= 0.6 is 22.9 Å². The van der Waals surface area contributed by atoms with Crippen molar-refractivity contribution in [2.75, 3.05) is 10.6 Å². The number of carbonyl (C=O) groups is 1. The molecule has 3 rings (SSSR count). The van der Waals surface area contributed by atoms with E-state index in [1.54, 1.807) is 18.3 Å². The lowest BCUT2D eigenvalue weighted by atomic mass is 10.1. The standard InChI is InChI=1S/C18H16ClN3OS/c1-12-9-14(20-10-15-11-21-18(19)24-15)7-8-16(12)22-17(23)13-5-3-2-4-6-13/h2-9,11,20H,10H2,1H3,(H,22,23). The molecule has 0 saturated heterocycles. The lowest BCUT2D eigenvalue weighted by molar-refractivity contribution is 0.102. The van der Waals surface area contributed by atoms with Crippen molar-refractivity contribution >= 4 is 40.2 Å².